The molecule has 2 amide bonds. The Morgan fingerprint density at radius 1 is 0.854 bits per heavy atom. The number of nitrogens with zero attached hydrogens (tertiary/aromatic N) is 2. The number of hydrogen-bond donors (Lipinski definition) is 1. The lowest BCUT2D eigenvalue weighted by atomic mass is 10.1. The zero-order valence-electron chi connectivity index (χ0n) is 22.8. The molecule has 12 heteroatoms. The molecule has 2 atom stereocenters. The molecule has 1 N–H and O–H groups in total. The second-order valence-electron chi connectivity index (χ2n) is 9.44. The molecule has 41 heavy (non-hydrogen) atoms. The monoisotopic (exact) mass is 657 g/mol. The van der Waals surface area contributed by atoms with Crippen LogP contribution in [-0.4, -0.2) is 43.8 Å². The minimum absolute atomic E-state index is 0.0500. The molecule has 0 aromatic heterocycles. The van der Waals surface area contributed by atoms with E-state index in [-0.39, 0.29) is 40.5 Å². The number of carbonyl (C=O) groups excluding carboxylic acids is 2. The van der Waals surface area contributed by atoms with Crippen LogP contribution in [0.25, 0.3) is 0 Å². The zero-order chi connectivity index (χ0) is 30.3. The Balaban J connectivity index is 2.08. The summed E-state index contributed by atoms with van der Waals surface area (Å²) < 4.78 is 28.7. The predicted molar refractivity (Wildman–Crippen MR) is 166 cm³/mol. The Labute approximate surface area is 261 Å². The van der Waals surface area contributed by atoms with Gasteiger partial charge in [-0.05, 0) is 79.9 Å². The summed E-state index contributed by atoms with van der Waals surface area (Å²) in [6.45, 7) is 4.93. The lowest BCUT2D eigenvalue weighted by molar-refractivity contribution is -0.140. The van der Waals surface area contributed by atoms with Gasteiger partial charge in [-0.3, -0.25) is 13.9 Å². The van der Waals surface area contributed by atoms with Gasteiger partial charge < -0.3 is 10.2 Å². The molecule has 0 saturated heterocycles. The van der Waals surface area contributed by atoms with E-state index >= 15 is 0 Å². The van der Waals surface area contributed by atoms with Crippen LogP contribution in [0, 0.1) is 0 Å². The minimum Gasteiger partial charge on any atom is -0.352 e. The van der Waals surface area contributed by atoms with Crippen molar-refractivity contribution in [3.05, 3.63) is 92.4 Å². The molecule has 0 saturated carbocycles. The van der Waals surface area contributed by atoms with Gasteiger partial charge in [0.05, 0.1) is 10.6 Å². The van der Waals surface area contributed by atoms with Crippen molar-refractivity contribution >= 4 is 73.9 Å². The van der Waals surface area contributed by atoms with Gasteiger partial charge in [-0.1, -0.05) is 72.4 Å². The van der Waals surface area contributed by atoms with Crippen LogP contribution in [0.3, 0.4) is 0 Å². The lowest BCUT2D eigenvalue weighted by Gasteiger charge is -2.34. The van der Waals surface area contributed by atoms with Gasteiger partial charge in [0, 0.05) is 32.7 Å². The first-order valence-electron chi connectivity index (χ1n) is 12.9. The van der Waals surface area contributed by atoms with Gasteiger partial charge >= 0.3 is 0 Å². The number of anilines is 1. The van der Waals surface area contributed by atoms with Gasteiger partial charge in [0.25, 0.3) is 10.0 Å². The van der Waals surface area contributed by atoms with Gasteiger partial charge in [0.15, 0.2) is 0 Å². The van der Waals surface area contributed by atoms with Gasteiger partial charge in [0.2, 0.25) is 11.8 Å². The van der Waals surface area contributed by atoms with Crippen LogP contribution in [0.4, 0.5) is 5.69 Å². The largest absolute Gasteiger partial charge is 0.352 e. The third-order valence-corrected chi connectivity index (χ3v) is 9.38. The Kier molecular flexibility index (Phi) is 11.8. The summed E-state index contributed by atoms with van der Waals surface area (Å²) in [5, 5.41) is 4.31. The fraction of sp³-hybridized carbons (Fsp3) is 0.310. The zero-order valence-corrected chi connectivity index (χ0v) is 26.6. The Morgan fingerprint density at radius 2 is 1.49 bits per heavy atom. The second kappa shape index (κ2) is 14.6. The number of benzene rings is 3. The van der Waals surface area contributed by atoms with E-state index in [4.69, 9.17) is 46.4 Å². The van der Waals surface area contributed by atoms with Gasteiger partial charge in [0.1, 0.15) is 12.6 Å². The molecular formula is C29H31Cl4N3O4S. The van der Waals surface area contributed by atoms with E-state index in [0.29, 0.717) is 27.1 Å². The summed E-state index contributed by atoms with van der Waals surface area (Å²) in [5.41, 5.74) is 0.733. The van der Waals surface area contributed by atoms with Crippen LogP contribution in [0.2, 0.25) is 20.1 Å². The average molecular weight is 659 g/mol. The first kappa shape index (κ1) is 33.0. The quantitative estimate of drug-likeness (QED) is 0.223. The van der Waals surface area contributed by atoms with Crippen molar-refractivity contribution in [3.63, 3.8) is 0 Å². The molecular weight excluding hydrogens is 628 g/mol. The highest BCUT2D eigenvalue weighted by Crippen LogP contribution is 2.29. The van der Waals surface area contributed by atoms with Gasteiger partial charge in [-0.2, -0.15) is 0 Å². The molecule has 0 bridgehead atoms. The van der Waals surface area contributed by atoms with Crippen molar-refractivity contribution in [2.24, 2.45) is 0 Å². The molecule has 0 spiro atoms. The van der Waals surface area contributed by atoms with Crippen molar-refractivity contribution in [3.8, 4) is 0 Å². The summed E-state index contributed by atoms with van der Waals surface area (Å²) in [6, 6.07) is 15.6. The smallest absolute Gasteiger partial charge is 0.264 e. The molecule has 0 aliphatic heterocycles. The number of amides is 2. The molecule has 7 nitrogen and oxygen atoms in total. The highest BCUT2D eigenvalue weighted by molar-refractivity contribution is 7.92. The molecule has 0 heterocycles. The third-order valence-electron chi connectivity index (χ3n) is 6.52. The van der Waals surface area contributed by atoms with Crippen LogP contribution in [-0.2, 0) is 26.2 Å². The van der Waals surface area contributed by atoms with E-state index in [1.165, 1.54) is 35.2 Å². The van der Waals surface area contributed by atoms with Gasteiger partial charge in [-0.25, -0.2) is 8.42 Å². The van der Waals surface area contributed by atoms with Crippen molar-refractivity contribution in [1.29, 1.82) is 0 Å². The molecule has 0 fully saturated rings. The van der Waals surface area contributed by atoms with E-state index in [1.807, 2.05) is 13.8 Å². The van der Waals surface area contributed by atoms with E-state index < -0.39 is 28.5 Å². The van der Waals surface area contributed by atoms with E-state index in [1.54, 1.807) is 43.3 Å². The molecule has 3 aromatic carbocycles. The van der Waals surface area contributed by atoms with Gasteiger partial charge in [-0.15, -0.1) is 0 Å². The maximum atomic E-state index is 14.1. The van der Waals surface area contributed by atoms with E-state index in [2.05, 4.69) is 5.32 Å². The molecule has 0 unspecified atom stereocenters. The lowest BCUT2D eigenvalue weighted by Crippen LogP contribution is -2.53. The number of nitrogens with one attached hydrogen (secondary N) is 1. The van der Waals surface area contributed by atoms with Crippen molar-refractivity contribution in [2.45, 2.75) is 57.1 Å². The first-order chi connectivity index (χ1) is 19.4. The topological polar surface area (TPSA) is 86.8 Å². The maximum Gasteiger partial charge on any atom is 0.264 e. The number of rotatable bonds is 12. The van der Waals surface area contributed by atoms with Crippen LogP contribution in [0.1, 0.15) is 39.2 Å². The average Bonchev–Trinajstić information content (AvgIpc) is 2.92. The fourth-order valence-electron chi connectivity index (χ4n) is 4.09. The number of halogens is 4. The number of hydrogen-bond acceptors (Lipinski definition) is 4. The van der Waals surface area contributed by atoms with Crippen LogP contribution in [0.15, 0.2) is 71.6 Å². The Bertz CT molecular complexity index is 1490. The normalized spacial score (nSPS) is 12.9. The Hall–Kier alpha value is -2.49. The predicted octanol–water partition coefficient (Wildman–Crippen LogP) is 7.22. The summed E-state index contributed by atoms with van der Waals surface area (Å²) >= 11 is 24.7. The SMILES string of the molecule is CC[C@@H](C)NC(=O)[C@H](CC)N(Cc1ccc(Cl)cc1Cl)C(=O)CN(c1cccc(Cl)c1)S(=O)(=O)c1ccc(Cl)cc1. The first-order valence-corrected chi connectivity index (χ1v) is 15.9. The summed E-state index contributed by atoms with van der Waals surface area (Å²) in [7, 11) is -4.25. The van der Waals surface area contributed by atoms with Crippen LogP contribution < -0.4 is 9.62 Å². The molecule has 0 radical (unpaired) electrons. The van der Waals surface area contributed by atoms with Crippen molar-refractivity contribution in [2.75, 3.05) is 10.8 Å². The molecule has 3 aromatic rings. The molecule has 0 aliphatic carbocycles. The Morgan fingerprint density at radius 3 is 2.07 bits per heavy atom. The highest BCUT2D eigenvalue weighted by atomic mass is 35.5. The third kappa shape index (κ3) is 8.52. The number of sulfonamides is 1. The summed E-state index contributed by atoms with van der Waals surface area (Å²) in [5.74, 6) is -0.963. The standard InChI is InChI=1S/C29H31Cl4N3O4S/c1-4-19(3)34-29(38)27(5-2)35(17-20-9-10-23(32)16-26(20)33)28(37)18-36(24-8-6-7-22(31)15-24)41(39,40)25-13-11-21(30)12-14-25/h6-16,19,27H,4-5,17-18H2,1-3H3,(H,34,38)/t19-,27+/m1/s1. The van der Waals surface area contributed by atoms with Crippen LogP contribution in [0.5, 0.6) is 0 Å². The van der Waals surface area contributed by atoms with E-state index in [0.717, 1.165) is 4.31 Å². The van der Waals surface area contributed by atoms with E-state index in [9.17, 15) is 18.0 Å². The maximum absolute atomic E-state index is 14.1. The van der Waals surface area contributed by atoms with Crippen molar-refractivity contribution < 1.29 is 18.0 Å². The second-order valence-corrected chi connectivity index (χ2v) is 13.0. The van der Waals surface area contributed by atoms with Crippen molar-refractivity contribution in [1.82, 2.24) is 10.2 Å². The summed E-state index contributed by atoms with van der Waals surface area (Å²) in [4.78, 5) is 28.7. The highest BCUT2D eigenvalue weighted by Gasteiger charge is 2.34. The molecule has 220 valence electrons. The molecule has 0 aliphatic rings. The molecule has 3 rings (SSSR count). The summed E-state index contributed by atoms with van der Waals surface area (Å²) in [6.07, 6.45) is 0.974. The fourth-order valence-corrected chi connectivity index (χ4v) is 6.27. The van der Waals surface area contributed by atoms with Crippen LogP contribution >= 0.6 is 46.4 Å². The minimum atomic E-state index is -4.25. The number of carbonyl (C=O) groups is 2.